The highest BCUT2D eigenvalue weighted by atomic mass is 35.6. The second kappa shape index (κ2) is 5.51. The fourth-order valence-electron chi connectivity index (χ4n) is 1.21. The van der Waals surface area contributed by atoms with E-state index in [1.807, 2.05) is 6.07 Å². The van der Waals surface area contributed by atoms with Gasteiger partial charge in [-0.1, -0.05) is 82.3 Å². The summed E-state index contributed by atoms with van der Waals surface area (Å²) >= 11 is 29.2. The molecule has 0 aliphatic heterocycles. The van der Waals surface area contributed by atoms with E-state index in [1.165, 1.54) is 0 Å². The van der Waals surface area contributed by atoms with Crippen molar-refractivity contribution in [3.05, 3.63) is 35.4 Å². The van der Waals surface area contributed by atoms with Crippen LogP contribution in [0.15, 0.2) is 24.3 Å². The molecule has 0 fully saturated rings. The van der Waals surface area contributed by atoms with Gasteiger partial charge in [0.2, 0.25) is 3.79 Å². The molecule has 1 nitrogen and oxygen atoms in total. The first kappa shape index (κ1) is 14.7. The molecule has 0 unspecified atom stereocenters. The third kappa shape index (κ3) is 3.32. The fourth-order valence-corrected chi connectivity index (χ4v) is 1.78. The molecule has 1 rings (SSSR count). The molecule has 0 saturated heterocycles. The Hall–Kier alpha value is 0.630. The minimum absolute atomic E-state index is 0.0365. The van der Waals surface area contributed by atoms with Crippen molar-refractivity contribution in [1.29, 1.82) is 0 Å². The molecule has 0 heterocycles. The lowest BCUT2D eigenvalue weighted by atomic mass is 10.1. The number of hydrogen-bond donors (Lipinski definition) is 1. The van der Waals surface area contributed by atoms with Gasteiger partial charge in [0.15, 0.2) is 4.33 Å². The Morgan fingerprint density at radius 3 is 2.19 bits per heavy atom. The molecule has 0 aromatic heterocycles. The van der Waals surface area contributed by atoms with Gasteiger partial charge in [-0.3, -0.25) is 0 Å². The maximum Gasteiger partial charge on any atom is 0.227 e. The molecule has 1 N–H and O–H groups in total. The predicted molar refractivity (Wildman–Crippen MR) is 70.9 cm³/mol. The summed E-state index contributed by atoms with van der Waals surface area (Å²) in [4.78, 5) is 0. The predicted octanol–water partition coefficient (Wildman–Crippen LogP) is 4.22. The monoisotopic (exact) mass is 320 g/mol. The molecular weight excluding hydrogens is 313 g/mol. The first-order valence-corrected chi connectivity index (χ1v) is 6.33. The van der Waals surface area contributed by atoms with Gasteiger partial charge >= 0.3 is 0 Å². The zero-order valence-corrected chi connectivity index (χ0v) is 11.8. The highest BCUT2D eigenvalue weighted by Gasteiger charge is 2.47. The Kier molecular flexibility index (Phi) is 5.06. The van der Waals surface area contributed by atoms with Crippen LogP contribution in [-0.2, 0) is 10.8 Å². The largest absolute Gasteiger partial charge is 0.396 e. The Morgan fingerprint density at radius 2 is 1.69 bits per heavy atom. The van der Waals surface area contributed by atoms with Gasteiger partial charge in [-0.2, -0.15) is 0 Å². The van der Waals surface area contributed by atoms with Crippen molar-refractivity contribution < 1.29 is 5.11 Å². The van der Waals surface area contributed by atoms with Crippen molar-refractivity contribution in [3.8, 4) is 0 Å². The second-order valence-corrected chi connectivity index (χ2v) is 6.85. The molecule has 0 bridgehead atoms. The van der Waals surface area contributed by atoms with Crippen LogP contribution < -0.4 is 0 Å². The summed E-state index contributed by atoms with van der Waals surface area (Å²) in [6.45, 7) is 0.0365. The molecular formula is C10H9Cl5O. The highest BCUT2D eigenvalue weighted by molar-refractivity contribution is 6.75. The molecule has 0 aliphatic carbocycles. The standard InChI is InChI=1S/C10H9Cl5O/c11-9(12,10(13,14)15)8-3-1-2-7(6-8)4-5-16/h1-3,6,16H,4-5H2. The van der Waals surface area contributed by atoms with Crippen LogP contribution in [0.25, 0.3) is 0 Å². The lowest BCUT2D eigenvalue weighted by molar-refractivity contribution is 0.299. The zero-order valence-electron chi connectivity index (χ0n) is 8.06. The summed E-state index contributed by atoms with van der Waals surface area (Å²) in [5, 5.41) is 8.83. The van der Waals surface area contributed by atoms with Gasteiger partial charge in [0, 0.05) is 6.61 Å². The summed E-state index contributed by atoms with van der Waals surface area (Å²) < 4.78 is -3.45. The van der Waals surface area contributed by atoms with E-state index in [0.717, 1.165) is 5.56 Å². The van der Waals surface area contributed by atoms with Crippen LogP contribution in [0.5, 0.6) is 0 Å². The minimum Gasteiger partial charge on any atom is -0.396 e. The molecule has 0 amide bonds. The van der Waals surface area contributed by atoms with Crippen LogP contribution in [0.2, 0.25) is 0 Å². The molecule has 6 heteroatoms. The van der Waals surface area contributed by atoms with Crippen LogP contribution in [0, 0.1) is 0 Å². The summed E-state index contributed by atoms with van der Waals surface area (Å²) in [5.74, 6) is 0. The number of hydrogen-bond acceptors (Lipinski definition) is 1. The molecule has 0 saturated carbocycles. The number of rotatable bonds is 3. The third-order valence-corrected chi connectivity index (χ3v) is 4.48. The average Bonchev–Trinajstić information content (AvgIpc) is 2.17. The summed E-state index contributed by atoms with van der Waals surface area (Å²) in [7, 11) is 0. The number of aliphatic hydroxyl groups is 1. The van der Waals surface area contributed by atoms with E-state index < -0.39 is 8.13 Å². The van der Waals surface area contributed by atoms with Gasteiger partial charge in [0.05, 0.1) is 0 Å². The van der Waals surface area contributed by atoms with Gasteiger partial charge in [-0.05, 0) is 17.5 Å². The number of halogens is 5. The SMILES string of the molecule is OCCc1cccc(C(Cl)(Cl)C(Cl)(Cl)Cl)c1. The van der Waals surface area contributed by atoms with E-state index in [9.17, 15) is 0 Å². The molecule has 90 valence electrons. The summed E-state index contributed by atoms with van der Waals surface area (Å²) in [6, 6.07) is 6.96. The lowest BCUT2D eigenvalue weighted by Gasteiger charge is -2.28. The van der Waals surface area contributed by atoms with Crippen molar-refractivity contribution in [3.63, 3.8) is 0 Å². The Balaban J connectivity index is 3.08. The average molecular weight is 322 g/mol. The molecule has 0 atom stereocenters. The van der Waals surface area contributed by atoms with Gasteiger partial charge in [0.1, 0.15) is 0 Å². The van der Waals surface area contributed by atoms with Crippen molar-refractivity contribution >= 4 is 58.0 Å². The van der Waals surface area contributed by atoms with E-state index >= 15 is 0 Å². The molecule has 1 aromatic rings. The molecule has 0 spiro atoms. The topological polar surface area (TPSA) is 20.2 Å². The fraction of sp³-hybridized carbons (Fsp3) is 0.400. The van der Waals surface area contributed by atoms with Crippen LogP contribution >= 0.6 is 58.0 Å². The molecule has 0 aliphatic rings. The molecule has 1 aromatic carbocycles. The van der Waals surface area contributed by atoms with Crippen molar-refractivity contribution in [2.45, 2.75) is 14.5 Å². The Labute approximate surface area is 119 Å². The van der Waals surface area contributed by atoms with Crippen molar-refractivity contribution in [2.24, 2.45) is 0 Å². The normalized spacial score (nSPS) is 12.9. The second-order valence-electron chi connectivity index (χ2n) is 3.25. The Bertz CT molecular complexity index is 358. The first-order chi connectivity index (χ1) is 7.29. The van der Waals surface area contributed by atoms with E-state index in [4.69, 9.17) is 63.1 Å². The quantitative estimate of drug-likeness (QED) is 0.826. The summed E-state index contributed by atoms with van der Waals surface area (Å²) in [5.41, 5.74) is 1.36. The Morgan fingerprint density at radius 1 is 1.06 bits per heavy atom. The van der Waals surface area contributed by atoms with Gasteiger partial charge in [-0.25, -0.2) is 0 Å². The third-order valence-electron chi connectivity index (χ3n) is 2.05. The van der Waals surface area contributed by atoms with Crippen LogP contribution in [0.1, 0.15) is 11.1 Å². The minimum atomic E-state index is -1.83. The van der Waals surface area contributed by atoms with Crippen LogP contribution in [-0.4, -0.2) is 15.5 Å². The van der Waals surface area contributed by atoms with E-state index in [1.54, 1.807) is 18.2 Å². The van der Waals surface area contributed by atoms with Crippen LogP contribution in [0.3, 0.4) is 0 Å². The van der Waals surface area contributed by atoms with E-state index in [0.29, 0.717) is 12.0 Å². The number of aliphatic hydroxyl groups excluding tert-OH is 1. The van der Waals surface area contributed by atoms with Gasteiger partial charge < -0.3 is 5.11 Å². The highest BCUT2D eigenvalue weighted by Crippen LogP contribution is 2.52. The van der Waals surface area contributed by atoms with Crippen LogP contribution in [0.4, 0.5) is 0 Å². The summed E-state index contributed by atoms with van der Waals surface area (Å²) in [6.07, 6.45) is 0.498. The maximum atomic E-state index is 8.83. The smallest absolute Gasteiger partial charge is 0.227 e. The van der Waals surface area contributed by atoms with Gasteiger partial charge in [-0.15, -0.1) is 0 Å². The van der Waals surface area contributed by atoms with E-state index in [2.05, 4.69) is 0 Å². The number of benzene rings is 1. The lowest BCUT2D eigenvalue weighted by Crippen LogP contribution is -2.28. The van der Waals surface area contributed by atoms with Crippen molar-refractivity contribution in [1.82, 2.24) is 0 Å². The molecule has 16 heavy (non-hydrogen) atoms. The first-order valence-electron chi connectivity index (χ1n) is 4.44. The van der Waals surface area contributed by atoms with Gasteiger partial charge in [0.25, 0.3) is 0 Å². The number of alkyl halides is 5. The maximum absolute atomic E-state index is 8.83. The molecule has 0 radical (unpaired) electrons. The van der Waals surface area contributed by atoms with Crippen molar-refractivity contribution in [2.75, 3.05) is 6.61 Å². The zero-order chi connectivity index (χ0) is 12.4. The van der Waals surface area contributed by atoms with E-state index in [-0.39, 0.29) is 6.61 Å².